The SMILES string of the molecule is CC(NC(=O)C(CC(=O)Cc1ccccc1)Cc1cccc(C(F)(F)F)c1)C(=O)C(=O)NC(Cc1ccccc1)C(=O)CC(C)(C)C(N)=O. The van der Waals surface area contributed by atoms with E-state index in [1.54, 1.807) is 60.7 Å². The molecule has 0 aromatic heterocycles. The Balaban J connectivity index is 1.77. The van der Waals surface area contributed by atoms with Crippen LogP contribution in [0.3, 0.4) is 0 Å². The Bertz CT molecular complexity index is 1660. The number of nitrogens with one attached hydrogen (secondary N) is 2. The van der Waals surface area contributed by atoms with E-state index in [2.05, 4.69) is 10.6 Å². The number of hydrogen-bond acceptors (Lipinski definition) is 6. The van der Waals surface area contributed by atoms with Crippen LogP contribution >= 0.6 is 0 Å². The van der Waals surface area contributed by atoms with Gasteiger partial charge in [0.05, 0.1) is 23.1 Å². The first kappa shape index (κ1) is 38.3. The molecule has 12 heteroatoms. The van der Waals surface area contributed by atoms with Gasteiger partial charge in [0.1, 0.15) is 5.78 Å². The van der Waals surface area contributed by atoms with Gasteiger partial charge >= 0.3 is 6.18 Å². The summed E-state index contributed by atoms with van der Waals surface area (Å²) in [7, 11) is 0. The van der Waals surface area contributed by atoms with Gasteiger partial charge in [-0.25, -0.2) is 0 Å². The van der Waals surface area contributed by atoms with E-state index in [9.17, 15) is 41.9 Å². The second kappa shape index (κ2) is 16.8. The maximum absolute atomic E-state index is 13.5. The fraction of sp³-hybridized carbons (Fsp3) is 0.351. The highest BCUT2D eigenvalue weighted by molar-refractivity contribution is 6.38. The molecule has 3 atom stereocenters. The molecule has 9 nitrogen and oxygen atoms in total. The summed E-state index contributed by atoms with van der Waals surface area (Å²) in [5.41, 5.74) is 4.79. The third kappa shape index (κ3) is 11.8. The van der Waals surface area contributed by atoms with Gasteiger partial charge in [-0.3, -0.25) is 28.8 Å². The van der Waals surface area contributed by atoms with E-state index < -0.39 is 64.4 Å². The number of amides is 3. The molecule has 3 aromatic carbocycles. The fourth-order valence-electron chi connectivity index (χ4n) is 5.15. The van der Waals surface area contributed by atoms with E-state index in [1.807, 2.05) is 0 Å². The molecule has 3 unspecified atom stereocenters. The van der Waals surface area contributed by atoms with Gasteiger partial charge < -0.3 is 16.4 Å². The topological polar surface area (TPSA) is 152 Å². The molecule has 49 heavy (non-hydrogen) atoms. The minimum absolute atomic E-state index is 0.0108. The molecule has 0 aliphatic carbocycles. The zero-order valence-corrected chi connectivity index (χ0v) is 27.5. The summed E-state index contributed by atoms with van der Waals surface area (Å²) in [6.07, 6.45) is -5.53. The smallest absolute Gasteiger partial charge is 0.369 e. The van der Waals surface area contributed by atoms with Crippen LogP contribution in [-0.4, -0.2) is 47.2 Å². The van der Waals surface area contributed by atoms with Crippen molar-refractivity contribution in [1.29, 1.82) is 0 Å². The Morgan fingerprint density at radius 2 is 1.33 bits per heavy atom. The Labute approximate surface area is 282 Å². The van der Waals surface area contributed by atoms with Gasteiger partial charge in [-0.1, -0.05) is 92.7 Å². The first-order valence-corrected chi connectivity index (χ1v) is 15.7. The van der Waals surface area contributed by atoms with Gasteiger partial charge in [-0.15, -0.1) is 0 Å². The lowest BCUT2D eigenvalue weighted by Crippen LogP contribution is -2.52. The normalized spacial score (nSPS) is 13.4. The van der Waals surface area contributed by atoms with Crippen LogP contribution in [0.4, 0.5) is 13.2 Å². The number of ketones is 3. The molecule has 0 aliphatic rings. The molecule has 0 saturated heterocycles. The van der Waals surface area contributed by atoms with Crippen molar-refractivity contribution in [2.75, 3.05) is 0 Å². The zero-order chi connectivity index (χ0) is 36.4. The number of halogens is 3. The van der Waals surface area contributed by atoms with Crippen molar-refractivity contribution in [3.05, 3.63) is 107 Å². The quantitative estimate of drug-likeness (QED) is 0.181. The van der Waals surface area contributed by atoms with Crippen molar-refractivity contribution in [2.45, 2.75) is 71.1 Å². The Morgan fingerprint density at radius 3 is 1.90 bits per heavy atom. The Morgan fingerprint density at radius 1 is 0.755 bits per heavy atom. The number of primary amides is 1. The first-order chi connectivity index (χ1) is 23.0. The zero-order valence-electron chi connectivity index (χ0n) is 27.5. The van der Waals surface area contributed by atoms with Crippen LogP contribution < -0.4 is 16.4 Å². The van der Waals surface area contributed by atoms with E-state index in [0.717, 1.165) is 12.1 Å². The highest BCUT2D eigenvalue weighted by atomic mass is 19.4. The fourth-order valence-corrected chi connectivity index (χ4v) is 5.15. The molecule has 0 spiro atoms. The number of carbonyl (C=O) groups is 6. The van der Waals surface area contributed by atoms with Gasteiger partial charge in [0, 0.05) is 25.2 Å². The van der Waals surface area contributed by atoms with Crippen molar-refractivity contribution < 1.29 is 41.9 Å². The maximum atomic E-state index is 13.5. The molecule has 0 heterocycles. The van der Waals surface area contributed by atoms with E-state index >= 15 is 0 Å². The molecule has 0 saturated carbocycles. The van der Waals surface area contributed by atoms with E-state index in [4.69, 9.17) is 5.73 Å². The summed E-state index contributed by atoms with van der Waals surface area (Å²) in [5.74, 6) is -5.86. The molecule has 3 amide bonds. The van der Waals surface area contributed by atoms with Crippen LogP contribution in [0.5, 0.6) is 0 Å². The molecule has 3 aromatic rings. The monoisotopic (exact) mass is 679 g/mol. The van der Waals surface area contributed by atoms with Crippen molar-refractivity contribution in [3.8, 4) is 0 Å². The molecule has 0 bridgehead atoms. The summed E-state index contributed by atoms with van der Waals surface area (Å²) in [5, 5.41) is 4.86. The highest BCUT2D eigenvalue weighted by Crippen LogP contribution is 2.30. The number of Topliss-reactive ketones (excluding diaryl/α,β-unsaturated/α-hetero) is 3. The van der Waals surface area contributed by atoms with Crippen molar-refractivity contribution in [3.63, 3.8) is 0 Å². The third-order valence-corrected chi connectivity index (χ3v) is 8.06. The Kier molecular flexibility index (Phi) is 13.1. The highest BCUT2D eigenvalue weighted by Gasteiger charge is 2.35. The summed E-state index contributed by atoms with van der Waals surface area (Å²) in [4.78, 5) is 77.9. The second-order valence-electron chi connectivity index (χ2n) is 12.7. The molecule has 260 valence electrons. The number of benzene rings is 3. The van der Waals surface area contributed by atoms with Gasteiger partial charge in [0.15, 0.2) is 5.78 Å². The van der Waals surface area contributed by atoms with Crippen LogP contribution in [-0.2, 0) is 54.2 Å². The minimum atomic E-state index is -4.62. The summed E-state index contributed by atoms with van der Waals surface area (Å²) in [6, 6.07) is 19.1. The van der Waals surface area contributed by atoms with Crippen LogP contribution in [0.15, 0.2) is 84.9 Å². The van der Waals surface area contributed by atoms with Crippen molar-refractivity contribution >= 4 is 35.1 Å². The number of alkyl halides is 3. The molecular weight excluding hydrogens is 639 g/mol. The standard InChI is InChI=1S/C37H40F3N3O6/c1-23(32(46)34(48)43-30(20-25-13-8-5-9-14-25)31(45)22-36(2,3)35(41)49)42-33(47)27(21-29(44)19-24-11-6-4-7-12-24)17-26-15-10-16-28(18-26)37(38,39)40/h4-16,18,23,27,30H,17,19-22H2,1-3H3,(H2,41,49)(H,42,47)(H,43,48). The molecular formula is C37H40F3N3O6. The van der Waals surface area contributed by atoms with Gasteiger partial charge in [-0.05, 0) is 42.5 Å². The summed E-state index contributed by atoms with van der Waals surface area (Å²) in [6.45, 7) is 4.22. The molecule has 0 fully saturated rings. The third-order valence-electron chi connectivity index (χ3n) is 8.06. The first-order valence-electron chi connectivity index (χ1n) is 15.7. The van der Waals surface area contributed by atoms with Gasteiger partial charge in [0.25, 0.3) is 5.91 Å². The average molecular weight is 680 g/mol. The van der Waals surface area contributed by atoms with Crippen LogP contribution in [0, 0.1) is 11.3 Å². The molecule has 3 rings (SSSR count). The summed E-state index contributed by atoms with van der Waals surface area (Å²) >= 11 is 0. The molecule has 0 aliphatic heterocycles. The van der Waals surface area contributed by atoms with E-state index in [-0.39, 0.29) is 43.5 Å². The van der Waals surface area contributed by atoms with E-state index in [1.165, 1.54) is 32.9 Å². The number of nitrogens with two attached hydrogens (primary N) is 1. The Hall–Kier alpha value is -5.13. The lowest BCUT2D eigenvalue weighted by molar-refractivity contribution is -0.141. The van der Waals surface area contributed by atoms with Gasteiger partial charge in [-0.2, -0.15) is 13.2 Å². The number of hydrogen-bond donors (Lipinski definition) is 3. The molecule has 4 N–H and O–H groups in total. The predicted molar refractivity (Wildman–Crippen MR) is 176 cm³/mol. The van der Waals surface area contributed by atoms with Crippen LogP contribution in [0.25, 0.3) is 0 Å². The molecule has 0 radical (unpaired) electrons. The second-order valence-corrected chi connectivity index (χ2v) is 12.7. The van der Waals surface area contributed by atoms with Crippen molar-refractivity contribution in [2.24, 2.45) is 17.1 Å². The van der Waals surface area contributed by atoms with Crippen LogP contribution in [0.2, 0.25) is 0 Å². The predicted octanol–water partition coefficient (Wildman–Crippen LogP) is 4.34. The van der Waals surface area contributed by atoms with E-state index in [0.29, 0.717) is 11.1 Å². The van der Waals surface area contributed by atoms with Crippen LogP contribution in [0.1, 0.15) is 55.9 Å². The lowest BCUT2D eigenvalue weighted by atomic mass is 9.84. The maximum Gasteiger partial charge on any atom is 0.416 e. The number of carbonyl (C=O) groups excluding carboxylic acids is 6. The number of rotatable bonds is 17. The lowest BCUT2D eigenvalue weighted by Gasteiger charge is -2.24. The summed E-state index contributed by atoms with van der Waals surface area (Å²) < 4.78 is 40.1. The van der Waals surface area contributed by atoms with Crippen molar-refractivity contribution in [1.82, 2.24) is 10.6 Å². The largest absolute Gasteiger partial charge is 0.416 e. The van der Waals surface area contributed by atoms with Gasteiger partial charge in [0.2, 0.25) is 17.6 Å². The minimum Gasteiger partial charge on any atom is -0.369 e. The average Bonchev–Trinajstić information content (AvgIpc) is 3.04.